The van der Waals surface area contributed by atoms with Gasteiger partial charge >= 0.3 is 5.69 Å². The van der Waals surface area contributed by atoms with Crippen LogP contribution in [0, 0.1) is 21.8 Å². The highest BCUT2D eigenvalue weighted by atomic mass is 19.1. The summed E-state index contributed by atoms with van der Waals surface area (Å²) in [5.41, 5.74) is -0.409. The zero-order valence-electron chi connectivity index (χ0n) is 10.4. The Bertz CT molecular complexity index is 424. The van der Waals surface area contributed by atoms with Crippen LogP contribution in [-0.4, -0.2) is 22.7 Å². The standard InChI is InChI=1S/C12H17FN2O3/c1-8(2)10(6-7-16)14-11-5-3-4-9(13)12(11)15(17)18/h3-5,8,10,14,16H,6-7H2,1-2H3. The van der Waals surface area contributed by atoms with E-state index >= 15 is 0 Å². The topological polar surface area (TPSA) is 75.4 Å². The van der Waals surface area contributed by atoms with Gasteiger partial charge in [0.1, 0.15) is 5.69 Å². The van der Waals surface area contributed by atoms with Crippen molar-refractivity contribution < 1.29 is 14.4 Å². The van der Waals surface area contributed by atoms with E-state index in [1.54, 1.807) is 0 Å². The van der Waals surface area contributed by atoms with Crippen molar-refractivity contribution in [1.29, 1.82) is 0 Å². The molecular formula is C12H17FN2O3. The Labute approximate surface area is 105 Å². The van der Waals surface area contributed by atoms with Gasteiger partial charge in [0.25, 0.3) is 0 Å². The van der Waals surface area contributed by atoms with E-state index in [4.69, 9.17) is 5.11 Å². The lowest BCUT2D eigenvalue weighted by molar-refractivity contribution is -0.386. The van der Waals surface area contributed by atoms with E-state index < -0.39 is 16.4 Å². The highest BCUT2D eigenvalue weighted by molar-refractivity contribution is 5.62. The van der Waals surface area contributed by atoms with Crippen LogP contribution < -0.4 is 5.32 Å². The summed E-state index contributed by atoms with van der Waals surface area (Å²) < 4.78 is 13.4. The van der Waals surface area contributed by atoms with Gasteiger partial charge in [-0.1, -0.05) is 19.9 Å². The van der Waals surface area contributed by atoms with Crippen LogP contribution in [0.25, 0.3) is 0 Å². The summed E-state index contributed by atoms with van der Waals surface area (Å²) in [6, 6.07) is 3.80. The fourth-order valence-electron chi connectivity index (χ4n) is 1.73. The minimum absolute atomic E-state index is 0.0288. The van der Waals surface area contributed by atoms with E-state index in [2.05, 4.69) is 5.32 Å². The summed E-state index contributed by atoms with van der Waals surface area (Å²) in [6.07, 6.45) is 0.450. The number of halogens is 1. The molecule has 0 heterocycles. The summed E-state index contributed by atoms with van der Waals surface area (Å²) in [6.45, 7) is 3.83. The van der Waals surface area contributed by atoms with Crippen molar-refractivity contribution in [2.45, 2.75) is 26.3 Å². The number of benzene rings is 1. The van der Waals surface area contributed by atoms with Crippen LogP contribution in [0.1, 0.15) is 20.3 Å². The summed E-state index contributed by atoms with van der Waals surface area (Å²) in [5, 5.41) is 22.7. The number of para-hydroxylation sites is 1. The Morgan fingerprint density at radius 2 is 2.17 bits per heavy atom. The van der Waals surface area contributed by atoms with Gasteiger partial charge in [0.05, 0.1) is 4.92 Å². The fourth-order valence-corrected chi connectivity index (χ4v) is 1.73. The Morgan fingerprint density at radius 3 is 2.67 bits per heavy atom. The highest BCUT2D eigenvalue weighted by Crippen LogP contribution is 2.29. The first kappa shape index (κ1) is 14.4. The molecule has 0 fully saturated rings. The van der Waals surface area contributed by atoms with E-state index in [0.29, 0.717) is 6.42 Å². The van der Waals surface area contributed by atoms with E-state index in [1.807, 2.05) is 13.8 Å². The molecule has 0 saturated heterocycles. The highest BCUT2D eigenvalue weighted by Gasteiger charge is 2.22. The quantitative estimate of drug-likeness (QED) is 0.606. The fraction of sp³-hybridized carbons (Fsp3) is 0.500. The van der Waals surface area contributed by atoms with Gasteiger partial charge in [-0.3, -0.25) is 10.1 Å². The predicted octanol–water partition coefficient (Wildman–Crippen LogP) is 2.55. The van der Waals surface area contributed by atoms with Crippen molar-refractivity contribution in [2.24, 2.45) is 5.92 Å². The Kier molecular flexibility index (Phi) is 5.03. The first-order valence-corrected chi connectivity index (χ1v) is 5.77. The van der Waals surface area contributed by atoms with Crippen LogP contribution in [0.2, 0.25) is 0 Å². The second-order valence-electron chi connectivity index (χ2n) is 4.40. The van der Waals surface area contributed by atoms with Gasteiger partial charge in [0.2, 0.25) is 5.82 Å². The third-order valence-corrected chi connectivity index (χ3v) is 2.76. The van der Waals surface area contributed by atoms with Gasteiger partial charge in [0.15, 0.2) is 0 Å². The maximum atomic E-state index is 13.4. The van der Waals surface area contributed by atoms with Crippen LogP contribution in [0.5, 0.6) is 0 Å². The van der Waals surface area contributed by atoms with Crippen molar-refractivity contribution in [1.82, 2.24) is 0 Å². The average molecular weight is 256 g/mol. The maximum absolute atomic E-state index is 13.4. The van der Waals surface area contributed by atoms with Crippen LogP contribution in [0.4, 0.5) is 15.8 Å². The van der Waals surface area contributed by atoms with Gasteiger partial charge < -0.3 is 10.4 Å². The predicted molar refractivity (Wildman–Crippen MR) is 67.0 cm³/mol. The lowest BCUT2D eigenvalue weighted by Crippen LogP contribution is -2.27. The first-order valence-electron chi connectivity index (χ1n) is 5.77. The number of nitrogens with zero attached hydrogens (tertiary/aromatic N) is 1. The number of nitrogens with one attached hydrogen (secondary N) is 1. The molecule has 0 saturated carbocycles. The maximum Gasteiger partial charge on any atom is 0.327 e. The molecule has 1 rings (SSSR count). The average Bonchev–Trinajstić information content (AvgIpc) is 2.27. The first-order chi connectivity index (χ1) is 8.47. The van der Waals surface area contributed by atoms with Crippen molar-refractivity contribution in [3.05, 3.63) is 34.1 Å². The molecule has 5 nitrogen and oxygen atoms in total. The molecule has 0 aliphatic heterocycles. The molecule has 0 aromatic heterocycles. The van der Waals surface area contributed by atoms with Gasteiger partial charge in [0, 0.05) is 12.6 Å². The van der Waals surface area contributed by atoms with Gasteiger partial charge in [-0.25, -0.2) is 0 Å². The van der Waals surface area contributed by atoms with E-state index in [9.17, 15) is 14.5 Å². The van der Waals surface area contributed by atoms with E-state index in [-0.39, 0.29) is 24.3 Å². The number of hydrogen-bond donors (Lipinski definition) is 2. The van der Waals surface area contributed by atoms with Gasteiger partial charge in [-0.15, -0.1) is 0 Å². The summed E-state index contributed by atoms with van der Waals surface area (Å²) in [4.78, 5) is 10.1. The zero-order chi connectivity index (χ0) is 13.7. The molecule has 1 aromatic rings. The largest absolute Gasteiger partial charge is 0.396 e. The van der Waals surface area contributed by atoms with Gasteiger partial charge in [-0.05, 0) is 24.5 Å². The van der Waals surface area contributed by atoms with Crippen molar-refractivity contribution >= 4 is 11.4 Å². The molecule has 0 spiro atoms. The molecule has 1 aromatic carbocycles. The zero-order valence-corrected chi connectivity index (χ0v) is 10.4. The molecule has 0 bridgehead atoms. The Morgan fingerprint density at radius 1 is 1.50 bits per heavy atom. The van der Waals surface area contributed by atoms with E-state index in [0.717, 1.165) is 6.07 Å². The SMILES string of the molecule is CC(C)C(CCO)Nc1cccc(F)c1[N+](=O)[O-]. The van der Waals surface area contributed by atoms with Crippen molar-refractivity contribution in [3.8, 4) is 0 Å². The number of anilines is 1. The van der Waals surface area contributed by atoms with Crippen LogP contribution in [0.15, 0.2) is 18.2 Å². The molecule has 1 atom stereocenters. The number of hydrogen-bond acceptors (Lipinski definition) is 4. The minimum atomic E-state index is -0.864. The number of nitro groups is 1. The molecular weight excluding hydrogens is 239 g/mol. The molecule has 18 heavy (non-hydrogen) atoms. The summed E-state index contributed by atoms with van der Waals surface area (Å²) >= 11 is 0. The van der Waals surface area contributed by atoms with Crippen LogP contribution in [-0.2, 0) is 0 Å². The normalized spacial score (nSPS) is 12.5. The molecule has 0 amide bonds. The molecule has 0 radical (unpaired) electrons. The lowest BCUT2D eigenvalue weighted by atomic mass is 10.0. The smallest absolute Gasteiger partial charge is 0.327 e. The molecule has 6 heteroatoms. The third-order valence-electron chi connectivity index (χ3n) is 2.76. The van der Waals surface area contributed by atoms with Gasteiger partial charge in [-0.2, -0.15) is 4.39 Å². The monoisotopic (exact) mass is 256 g/mol. The second-order valence-corrected chi connectivity index (χ2v) is 4.40. The number of nitro benzene ring substituents is 1. The van der Waals surface area contributed by atoms with Crippen molar-refractivity contribution in [2.75, 3.05) is 11.9 Å². The molecule has 1 unspecified atom stereocenters. The molecule has 100 valence electrons. The summed E-state index contributed by atoms with van der Waals surface area (Å²) in [5.74, 6) is -0.698. The Balaban J connectivity index is 3.02. The van der Waals surface area contributed by atoms with Crippen molar-refractivity contribution in [3.63, 3.8) is 0 Å². The number of aliphatic hydroxyl groups is 1. The number of rotatable bonds is 6. The number of aliphatic hydroxyl groups excluding tert-OH is 1. The summed E-state index contributed by atoms with van der Waals surface area (Å²) in [7, 11) is 0. The minimum Gasteiger partial charge on any atom is -0.396 e. The van der Waals surface area contributed by atoms with E-state index in [1.165, 1.54) is 12.1 Å². The molecule has 0 aliphatic rings. The molecule has 2 N–H and O–H groups in total. The third kappa shape index (κ3) is 3.40. The van der Waals surface area contributed by atoms with Crippen LogP contribution in [0.3, 0.4) is 0 Å². The Hall–Kier alpha value is -1.69. The molecule has 0 aliphatic carbocycles. The lowest BCUT2D eigenvalue weighted by Gasteiger charge is -2.22. The van der Waals surface area contributed by atoms with Crippen LogP contribution >= 0.6 is 0 Å². The second kappa shape index (κ2) is 6.30.